The highest BCUT2D eigenvalue weighted by Gasteiger charge is 1.98. The summed E-state index contributed by atoms with van der Waals surface area (Å²) in [5, 5.41) is 3.98. The van der Waals surface area contributed by atoms with Gasteiger partial charge in [0.05, 0.1) is 4.13 Å². The molecule has 0 aliphatic carbocycles. The maximum absolute atomic E-state index is 3.86. The van der Waals surface area contributed by atoms with E-state index in [1.807, 2.05) is 10.8 Å². The van der Waals surface area contributed by atoms with Gasteiger partial charge in [-0.3, -0.25) is 0 Å². The van der Waals surface area contributed by atoms with Crippen molar-refractivity contribution in [3.8, 4) is 0 Å². The molecule has 1 aliphatic heterocycles. The van der Waals surface area contributed by atoms with Crippen LogP contribution in [0.2, 0.25) is 0 Å². The molecular weight excluding hydrogens is 102 g/mol. The molecule has 0 atom stereocenters. The van der Waals surface area contributed by atoms with Crippen LogP contribution < -0.4 is 4.13 Å². The van der Waals surface area contributed by atoms with Gasteiger partial charge in [0.15, 0.2) is 0 Å². The minimum Gasteiger partial charge on any atom is 0.0298 e. The van der Waals surface area contributed by atoms with Crippen LogP contribution in [0.25, 0.3) is 0 Å². The summed E-state index contributed by atoms with van der Waals surface area (Å²) in [6.07, 6.45) is 0. The summed E-state index contributed by atoms with van der Waals surface area (Å²) in [6.45, 7) is 0. The smallest absolute Gasteiger partial charge is 0.0298 e. The van der Waals surface area contributed by atoms with Crippen molar-refractivity contribution in [1.29, 1.82) is 0 Å². The van der Waals surface area contributed by atoms with Crippen molar-refractivity contribution in [3.63, 3.8) is 0 Å². The van der Waals surface area contributed by atoms with Crippen LogP contribution in [0.4, 0.5) is 0 Å². The zero-order valence-electron chi connectivity index (χ0n) is 2.46. The third kappa shape index (κ3) is 0.869. The average molecular weight is 105 g/mol. The Kier molecular flexibility index (Phi) is 1.25. The van der Waals surface area contributed by atoms with E-state index in [1.165, 1.54) is 11.9 Å². The van der Waals surface area contributed by atoms with Crippen LogP contribution in [0.3, 0.4) is 0 Å². The van der Waals surface area contributed by atoms with Gasteiger partial charge in [0.25, 0.3) is 0 Å². The molecule has 1 rings (SSSR count). The Morgan fingerprint density at radius 1 is 1.80 bits per heavy atom. The Morgan fingerprint density at radius 3 is 3.00 bits per heavy atom. The lowest BCUT2D eigenvalue weighted by molar-refractivity contribution is 1.76. The maximum Gasteiger partial charge on any atom is 0.148 e. The van der Waals surface area contributed by atoms with Gasteiger partial charge < -0.3 is 0 Å². The Morgan fingerprint density at radius 2 is 2.80 bits per heavy atom. The van der Waals surface area contributed by atoms with E-state index < -0.39 is 0 Å². The molecule has 27 valence electrons. The van der Waals surface area contributed by atoms with Crippen LogP contribution in [-0.2, 0) is 11.9 Å². The molecule has 1 aliphatic rings. The van der Waals surface area contributed by atoms with E-state index in [1.54, 1.807) is 0 Å². The largest absolute Gasteiger partial charge is 0.148 e. The van der Waals surface area contributed by atoms with Gasteiger partial charge in [0.2, 0.25) is 0 Å². The van der Waals surface area contributed by atoms with E-state index in [0.717, 1.165) is 11.9 Å². The quantitative estimate of drug-likeness (QED) is 0.248. The highest BCUT2D eigenvalue weighted by molar-refractivity contribution is 8.10. The Hall–Kier alpha value is 0.400. The normalized spacial score (nSPS) is 20.8. The van der Waals surface area contributed by atoms with Crippen LogP contribution >= 0.6 is 11.9 Å². The number of hydrogen-bond acceptors (Lipinski definition) is 1. The van der Waals surface area contributed by atoms with Gasteiger partial charge in [-0.1, -0.05) is 0 Å². The Balaban J connectivity index is 2.32. The van der Waals surface area contributed by atoms with Crippen molar-refractivity contribution in [3.05, 3.63) is 10.8 Å². The molecule has 0 aromatic carbocycles. The molecule has 5 heavy (non-hydrogen) atoms. The van der Waals surface area contributed by atoms with Crippen molar-refractivity contribution >= 4 is 23.9 Å². The summed E-state index contributed by atoms with van der Waals surface area (Å²) >= 11 is 2.60. The standard InChI is InChI=1S/C2H3NS2/c1-2-5-3-4-1/h1-2,4H/q+1. The molecule has 0 amide bonds. The fourth-order valence-corrected chi connectivity index (χ4v) is 1.22. The highest BCUT2D eigenvalue weighted by atomic mass is 32.2. The molecule has 1 nitrogen and oxygen atoms in total. The number of nitrogens with zero attached hydrogens (tertiary/aromatic N) is 1. The molecule has 0 saturated heterocycles. The minimum absolute atomic E-state index is 1.10. The lowest BCUT2D eigenvalue weighted by atomic mass is 11.3. The van der Waals surface area contributed by atoms with Gasteiger partial charge in [-0.15, -0.1) is 0 Å². The van der Waals surface area contributed by atoms with E-state index in [2.05, 4.69) is 4.13 Å². The second kappa shape index (κ2) is 1.74. The molecule has 1 heterocycles. The summed E-state index contributed by atoms with van der Waals surface area (Å²) in [6, 6.07) is 0. The molecule has 1 radical (unpaired) electrons. The molecule has 0 bridgehead atoms. The van der Waals surface area contributed by atoms with Crippen LogP contribution in [0.5, 0.6) is 0 Å². The second-order valence-corrected chi connectivity index (χ2v) is 2.25. The summed E-state index contributed by atoms with van der Waals surface area (Å²) in [7, 11) is 0. The summed E-state index contributed by atoms with van der Waals surface area (Å²) < 4.78 is 3.86. The molecule has 0 N–H and O–H groups in total. The van der Waals surface area contributed by atoms with Crippen molar-refractivity contribution < 1.29 is 0 Å². The van der Waals surface area contributed by atoms with E-state index >= 15 is 0 Å². The Bertz CT molecular complexity index is 45.6. The maximum atomic E-state index is 3.86. The third-order valence-electron chi connectivity index (χ3n) is 0.283. The lowest BCUT2D eigenvalue weighted by Gasteiger charge is -1.57. The van der Waals surface area contributed by atoms with E-state index in [9.17, 15) is 0 Å². The van der Waals surface area contributed by atoms with Crippen LogP contribution in [-0.4, -0.2) is 0 Å². The second-order valence-electron chi connectivity index (χ2n) is 0.588. The van der Waals surface area contributed by atoms with Crippen LogP contribution in [0, 0.1) is 0 Å². The van der Waals surface area contributed by atoms with Crippen LogP contribution in [0.15, 0.2) is 10.8 Å². The zero-order valence-corrected chi connectivity index (χ0v) is 4.17. The average Bonchev–Trinajstić information content (AvgIpc) is 1.76. The predicted molar refractivity (Wildman–Crippen MR) is 27.6 cm³/mol. The summed E-state index contributed by atoms with van der Waals surface area (Å²) in [4.78, 5) is 0. The van der Waals surface area contributed by atoms with Gasteiger partial charge in [0, 0.05) is 17.4 Å². The first-order valence-electron chi connectivity index (χ1n) is 1.21. The monoisotopic (exact) mass is 105 g/mol. The molecule has 0 aromatic heterocycles. The van der Waals surface area contributed by atoms with E-state index in [0.29, 0.717) is 0 Å². The number of hydrogen-bond donors (Lipinski definition) is 0. The number of rotatable bonds is 0. The highest BCUT2D eigenvalue weighted by Crippen LogP contribution is 2.04. The molecule has 0 aromatic rings. The number of thiol groups is 1. The van der Waals surface area contributed by atoms with Gasteiger partial charge >= 0.3 is 0 Å². The van der Waals surface area contributed by atoms with Gasteiger partial charge in [-0.05, 0) is 0 Å². The molecular formula is C2H3NS2+. The first-order chi connectivity index (χ1) is 2.50. The van der Waals surface area contributed by atoms with E-state index in [-0.39, 0.29) is 0 Å². The van der Waals surface area contributed by atoms with Gasteiger partial charge in [-0.25, -0.2) is 0 Å². The molecule has 3 heteroatoms. The van der Waals surface area contributed by atoms with Gasteiger partial charge in [-0.2, -0.15) is 0 Å². The van der Waals surface area contributed by atoms with Gasteiger partial charge in [0.1, 0.15) is 17.4 Å². The minimum atomic E-state index is 1.10. The first-order valence-corrected chi connectivity index (χ1v) is 2.96. The fourth-order valence-electron chi connectivity index (χ4n) is 0.136. The fraction of sp³-hybridized carbons (Fsp3) is 0. The summed E-state index contributed by atoms with van der Waals surface area (Å²) in [5.41, 5.74) is 0. The molecule has 0 spiro atoms. The van der Waals surface area contributed by atoms with Crippen molar-refractivity contribution in [2.24, 2.45) is 0 Å². The lowest BCUT2D eigenvalue weighted by Crippen LogP contribution is -1.74. The zero-order chi connectivity index (χ0) is 3.54. The third-order valence-corrected chi connectivity index (χ3v) is 1.78. The van der Waals surface area contributed by atoms with Crippen molar-refractivity contribution in [1.82, 2.24) is 4.13 Å². The predicted octanol–water partition coefficient (Wildman–Crippen LogP) is 0.454. The van der Waals surface area contributed by atoms with Crippen molar-refractivity contribution in [2.45, 2.75) is 0 Å². The topological polar surface area (TPSA) is 14.1 Å². The molecule has 0 fully saturated rings. The molecule has 0 unspecified atom stereocenters. The van der Waals surface area contributed by atoms with Crippen LogP contribution in [0.1, 0.15) is 0 Å². The first kappa shape index (κ1) is 3.59. The SMILES string of the molecule is C1=C[SH+][N]S1. The van der Waals surface area contributed by atoms with Crippen molar-refractivity contribution in [2.75, 3.05) is 0 Å². The van der Waals surface area contributed by atoms with E-state index in [4.69, 9.17) is 0 Å². The Labute approximate surface area is 39.5 Å². The molecule has 0 saturated carbocycles. The summed E-state index contributed by atoms with van der Waals surface area (Å²) in [5.74, 6) is 0.